The Labute approximate surface area is 95.6 Å². The van der Waals surface area contributed by atoms with Crippen molar-refractivity contribution in [2.24, 2.45) is 0 Å². The molecule has 0 radical (unpaired) electrons. The second-order valence-corrected chi connectivity index (χ2v) is 15.4. The summed E-state index contributed by atoms with van der Waals surface area (Å²) in [5.74, 6) is 1.12. The molecule has 1 aromatic rings. The van der Waals surface area contributed by atoms with Crippen LogP contribution in [0.2, 0.25) is 39.3 Å². The number of hydrogen-bond acceptors (Lipinski definition) is 1. The lowest BCUT2D eigenvalue weighted by Gasteiger charge is -2.26. The fourth-order valence-corrected chi connectivity index (χ4v) is 3.91. The minimum atomic E-state index is -1.49. The summed E-state index contributed by atoms with van der Waals surface area (Å²) in [5, 5.41) is 1.44. The van der Waals surface area contributed by atoms with Crippen molar-refractivity contribution in [3.05, 3.63) is 24.3 Å². The first-order chi connectivity index (χ1) is 6.70. The van der Waals surface area contributed by atoms with Gasteiger partial charge in [0, 0.05) is 0 Å². The SMILES string of the molecule is C[Si](C)(C)Oc1ccccc1[Si](C)(C)C. The van der Waals surface area contributed by atoms with E-state index in [2.05, 4.69) is 63.5 Å². The van der Waals surface area contributed by atoms with E-state index >= 15 is 0 Å². The van der Waals surface area contributed by atoms with Crippen LogP contribution in [0.3, 0.4) is 0 Å². The van der Waals surface area contributed by atoms with Crippen molar-refractivity contribution in [1.29, 1.82) is 0 Å². The zero-order valence-corrected chi connectivity index (χ0v) is 12.7. The minimum absolute atomic E-state index is 1.12. The van der Waals surface area contributed by atoms with Gasteiger partial charge in [-0.1, -0.05) is 37.8 Å². The first-order valence-corrected chi connectivity index (χ1v) is 12.4. The number of hydrogen-bond donors (Lipinski definition) is 0. The average molecular weight is 238 g/mol. The maximum Gasteiger partial charge on any atom is 0.242 e. The molecular formula is C12H22OSi2. The fourth-order valence-electron chi connectivity index (χ4n) is 1.51. The van der Waals surface area contributed by atoms with Gasteiger partial charge in [-0.05, 0) is 30.9 Å². The van der Waals surface area contributed by atoms with Gasteiger partial charge in [0.05, 0.1) is 8.07 Å². The highest BCUT2D eigenvalue weighted by molar-refractivity contribution is 6.89. The molecule has 1 rings (SSSR count). The molecule has 15 heavy (non-hydrogen) atoms. The third-order valence-electron chi connectivity index (χ3n) is 2.11. The van der Waals surface area contributed by atoms with E-state index in [4.69, 9.17) is 4.43 Å². The molecule has 0 saturated carbocycles. The van der Waals surface area contributed by atoms with E-state index in [0.29, 0.717) is 0 Å². The predicted molar refractivity (Wildman–Crippen MR) is 73.4 cm³/mol. The topological polar surface area (TPSA) is 9.23 Å². The van der Waals surface area contributed by atoms with Crippen LogP contribution in [0.1, 0.15) is 0 Å². The largest absolute Gasteiger partial charge is 0.544 e. The van der Waals surface area contributed by atoms with Gasteiger partial charge in [0.15, 0.2) is 0 Å². The molecule has 0 atom stereocenters. The Bertz CT molecular complexity index is 334. The molecule has 0 N–H and O–H groups in total. The second-order valence-electron chi connectivity index (χ2n) is 5.96. The Balaban J connectivity index is 3.08. The molecule has 0 spiro atoms. The van der Waals surface area contributed by atoms with Crippen molar-refractivity contribution in [2.75, 3.05) is 0 Å². The molecule has 0 fully saturated rings. The molecular weight excluding hydrogens is 216 g/mol. The summed E-state index contributed by atoms with van der Waals surface area (Å²) in [4.78, 5) is 0. The van der Waals surface area contributed by atoms with Crippen LogP contribution in [0.4, 0.5) is 0 Å². The predicted octanol–water partition coefficient (Wildman–Crippen LogP) is 3.45. The zero-order chi connectivity index (χ0) is 11.7. The summed E-state index contributed by atoms with van der Waals surface area (Å²) in [5.41, 5.74) is 0. The molecule has 3 heteroatoms. The van der Waals surface area contributed by atoms with Gasteiger partial charge in [-0.2, -0.15) is 0 Å². The third-order valence-corrected chi connectivity index (χ3v) is 4.97. The number of rotatable bonds is 3. The van der Waals surface area contributed by atoms with Gasteiger partial charge in [-0.25, -0.2) is 0 Å². The van der Waals surface area contributed by atoms with Gasteiger partial charge >= 0.3 is 0 Å². The van der Waals surface area contributed by atoms with Crippen LogP contribution in [0.15, 0.2) is 24.3 Å². The highest BCUT2D eigenvalue weighted by Crippen LogP contribution is 2.17. The Morgan fingerprint density at radius 2 is 1.40 bits per heavy atom. The molecule has 0 heterocycles. The molecule has 0 aromatic heterocycles. The summed E-state index contributed by atoms with van der Waals surface area (Å²) in [6.45, 7) is 13.8. The summed E-state index contributed by atoms with van der Waals surface area (Å²) in [6.07, 6.45) is 0. The Morgan fingerprint density at radius 3 is 1.87 bits per heavy atom. The Hall–Kier alpha value is -0.546. The standard InChI is InChI=1S/C12H22OSi2/c1-14(2,3)12-10-8-7-9-11(12)13-15(4,5)6/h7-10H,1-6H3. The fraction of sp³-hybridized carbons (Fsp3) is 0.500. The van der Waals surface area contributed by atoms with Crippen molar-refractivity contribution in [3.8, 4) is 5.75 Å². The van der Waals surface area contributed by atoms with Gasteiger partial charge in [-0.3, -0.25) is 0 Å². The molecule has 0 aliphatic carbocycles. The molecule has 0 aliphatic heterocycles. The molecule has 0 saturated heterocycles. The van der Waals surface area contributed by atoms with Crippen molar-refractivity contribution in [1.82, 2.24) is 0 Å². The molecule has 1 aromatic carbocycles. The third kappa shape index (κ3) is 3.83. The highest BCUT2D eigenvalue weighted by atomic mass is 28.4. The van der Waals surface area contributed by atoms with Crippen molar-refractivity contribution < 1.29 is 4.43 Å². The summed E-state index contributed by atoms with van der Waals surface area (Å²) < 4.78 is 6.13. The van der Waals surface area contributed by atoms with Crippen LogP contribution in [-0.2, 0) is 0 Å². The van der Waals surface area contributed by atoms with E-state index in [0.717, 1.165) is 5.75 Å². The van der Waals surface area contributed by atoms with E-state index < -0.39 is 16.4 Å². The molecule has 0 unspecified atom stereocenters. The van der Waals surface area contributed by atoms with Crippen molar-refractivity contribution in [3.63, 3.8) is 0 Å². The van der Waals surface area contributed by atoms with Crippen LogP contribution >= 0.6 is 0 Å². The minimum Gasteiger partial charge on any atom is -0.544 e. The highest BCUT2D eigenvalue weighted by Gasteiger charge is 2.24. The number of para-hydroxylation sites is 1. The molecule has 0 bridgehead atoms. The monoisotopic (exact) mass is 238 g/mol. The van der Waals surface area contributed by atoms with Crippen molar-refractivity contribution in [2.45, 2.75) is 39.3 Å². The van der Waals surface area contributed by atoms with Gasteiger partial charge < -0.3 is 4.43 Å². The second kappa shape index (κ2) is 4.14. The van der Waals surface area contributed by atoms with E-state index in [1.165, 1.54) is 5.19 Å². The van der Waals surface area contributed by atoms with Gasteiger partial charge in [0.1, 0.15) is 5.75 Å². The van der Waals surface area contributed by atoms with Crippen LogP contribution in [0.25, 0.3) is 0 Å². The lowest BCUT2D eigenvalue weighted by Crippen LogP contribution is -2.41. The van der Waals surface area contributed by atoms with Crippen LogP contribution in [0.5, 0.6) is 5.75 Å². The Kier molecular flexibility index (Phi) is 3.46. The van der Waals surface area contributed by atoms with Gasteiger partial charge in [0.25, 0.3) is 0 Å². The molecule has 1 nitrogen and oxygen atoms in total. The van der Waals surface area contributed by atoms with Crippen LogP contribution in [-0.4, -0.2) is 16.4 Å². The van der Waals surface area contributed by atoms with E-state index in [9.17, 15) is 0 Å². The lowest BCUT2D eigenvalue weighted by atomic mass is 10.3. The quantitative estimate of drug-likeness (QED) is 0.733. The van der Waals surface area contributed by atoms with Crippen LogP contribution < -0.4 is 9.61 Å². The summed E-state index contributed by atoms with van der Waals surface area (Å²) in [7, 11) is -2.77. The average Bonchev–Trinajstić information content (AvgIpc) is 1.99. The normalized spacial score (nSPS) is 12.7. The van der Waals surface area contributed by atoms with E-state index in [1.807, 2.05) is 0 Å². The van der Waals surface area contributed by atoms with Gasteiger partial charge in [0.2, 0.25) is 8.32 Å². The Morgan fingerprint density at radius 1 is 0.867 bits per heavy atom. The summed E-state index contributed by atoms with van der Waals surface area (Å²) >= 11 is 0. The van der Waals surface area contributed by atoms with E-state index in [-0.39, 0.29) is 0 Å². The van der Waals surface area contributed by atoms with Crippen molar-refractivity contribution >= 4 is 21.6 Å². The lowest BCUT2D eigenvalue weighted by molar-refractivity contribution is 0.561. The molecule has 0 amide bonds. The number of benzene rings is 1. The first kappa shape index (κ1) is 12.5. The summed E-state index contributed by atoms with van der Waals surface area (Å²) in [6, 6.07) is 8.53. The maximum atomic E-state index is 6.13. The molecule has 84 valence electrons. The van der Waals surface area contributed by atoms with Crippen LogP contribution in [0, 0.1) is 0 Å². The first-order valence-electron chi connectivity index (χ1n) is 5.49. The van der Waals surface area contributed by atoms with E-state index in [1.54, 1.807) is 0 Å². The zero-order valence-electron chi connectivity index (χ0n) is 10.7. The van der Waals surface area contributed by atoms with Gasteiger partial charge in [-0.15, -0.1) is 0 Å². The molecule has 0 aliphatic rings. The smallest absolute Gasteiger partial charge is 0.242 e. The maximum absolute atomic E-state index is 6.13.